The van der Waals surface area contributed by atoms with E-state index in [4.69, 9.17) is 0 Å². The lowest BCUT2D eigenvalue weighted by atomic mass is 10.8. The third-order valence-electron chi connectivity index (χ3n) is 0.524. The molecule has 0 aliphatic carbocycles. The summed E-state index contributed by atoms with van der Waals surface area (Å²) in [4.78, 5) is 0. The molecule has 0 unspecified atom stereocenters. The zero-order valence-corrected chi connectivity index (χ0v) is 3.23. The van der Waals surface area contributed by atoms with Crippen LogP contribution >= 0.6 is 0 Å². The molecule has 0 bridgehead atoms. The predicted molar refractivity (Wildman–Crippen MR) is 19.7 cm³/mol. The van der Waals surface area contributed by atoms with Gasteiger partial charge >= 0.3 is 5.95 Å². The van der Waals surface area contributed by atoms with E-state index in [0.717, 1.165) is 0 Å². The third kappa shape index (κ3) is 0.277. The van der Waals surface area contributed by atoms with Crippen LogP contribution in [0.4, 0.5) is 0 Å². The van der Waals surface area contributed by atoms with Crippen molar-refractivity contribution in [2.24, 2.45) is 0 Å². The van der Waals surface area contributed by atoms with Gasteiger partial charge in [-0.15, -0.1) is 0 Å². The van der Waals surface area contributed by atoms with Gasteiger partial charge in [0.15, 0.2) is 0 Å². The van der Waals surface area contributed by atoms with Crippen molar-refractivity contribution in [3.8, 4) is 0 Å². The quantitative estimate of drug-likeness (QED) is 0.400. The molecule has 2 heteroatoms. The van der Waals surface area contributed by atoms with Gasteiger partial charge < -0.3 is 9.47 Å². The Bertz CT molecular complexity index is 94.1. The highest BCUT2D eigenvalue weighted by molar-refractivity contribution is 4.80. The largest absolute Gasteiger partial charge is 0.421 e. The molecule has 1 aliphatic rings. The van der Waals surface area contributed by atoms with Gasteiger partial charge in [-0.25, -0.2) is 0 Å². The van der Waals surface area contributed by atoms with E-state index in [9.17, 15) is 0 Å². The zero-order valence-electron chi connectivity index (χ0n) is 3.23. The molecule has 0 aromatic carbocycles. The molecule has 6 heavy (non-hydrogen) atoms. The maximum absolute atomic E-state index is 4.60. The summed E-state index contributed by atoms with van der Waals surface area (Å²) in [5.74, 6) is 0.412. The second kappa shape index (κ2) is 1.07. The summed E-state index contributed by atoms with van der Waals surface area (Å²) in [5.41, 5.74) is 2.42. The molecule has 0 amide bonds. The molecule has 0 radical (unpaired) electrons. The molecule has 0 aromatic rings. The Balaban J connectivity index is 2.55. The number of ether oxygens (including phenoxy) is 2. The highest BCUT2D eigenvalue weighted by Gasteiger charge is 2.06. The summed E-state index contributed by atoms with van der Waals surface area (Å²) in [6.45, 7) is 3.63. The van der Waals surface area contributed by atoms with Crippen molar-refractivity contribution in [1.29, 1.82) is 0 Å². The summed E-state index contributed by atoms with van der Waals surface area (Å²) >= 11 is 0. The minimum absolute atomic E-state index is 0.359. The van der Waals surface area contributed by atoms with Crippen molar-refractivity contribution >= 4 is 0 Å². The zero-order chi connectivity index (χ0) is 4.41. The van der Waals surface area contributed by atoms with Crippen LogP contribution in [0.2, 0.25) is 0 Å². The van der Waals surface area contributed by atoms with Crippen LogP contribution in [0.25, 0.3) is 0 Å². The van der Waals surface area contributed by atoms with E-state index in [1.54, 1.807) is 0 Å². The topological polar surface area (TPSA) is 18.5 Å². The molecule has 0 N–H and O–H groups in total. The van der Waals surface area contributed by atoms with Gasteiger partial charge in [0.2, 0.25) is 6.79 Å². The number of hydrogen-bond donors (Lipinski definition) is 0. The Hall–Kier alpha value is -0.880. The highest BCUT2D eigenvalue weighted by atomic mass is 16.8. The van der Waals surface area contributed by atoms with E-state index in [-0.39, 0.29) is 0 Å². The average molecular weight is 84.1 g/mol. The molecule has 1 heterocycles. The molecule has 1 aliphatic heterocycles. The second-order valence-electron chi connectivity index (χ2n) is 0.871. The van der Waals surface area contributed by atoms with E-state index in [1.165, 1.54) is 0 Å². The molecule has 0 saturated carbocycles. The first-order valence-corrected chi connectivity index (χ1v) is 1.59. The third-order valence-corrected chi connectivity index (χ3v) is 0.524. The lowest BCUT2D eigenvalue weighted by Crippen LogP contribution is -2.11. The molecule has 1 rings (SSSR count). The lowest BCUT2D eigenvalue weighted by molar-refractivity contribution is -0.165. The van der Waals surface area contributed by atoms with Gasteiger partial charge in [0.25, 0.3) is 0 Å². The Labute approximate surface area is 35.7 Å². The first-order valence-electron chi connectivity index (χ1n) is 1.59. The van der Waals surface area contributed by atoms with Gasteiger partial charge in [0.05, 0.1) is 0 Å². The van der Waals surface area contributed by atoms with Crippen LogP contribution in [0.5, 0.6) is 0 Å². The average Bonchev–Trinajstić information content (AvgIpc) is 1.31. The van der Waals surface area contributed by atoms with Gasteiger partial charge in [-0.05, 0) is 12.3 Å². The summed E-state index contributed by atoms with van der Waals surface area (Å²) < 4.78 is 9.20. The molecule has 0 aromatic heterocycles. The normalized spacial score (nSPS) is 16.3. The van der Waals surface area contributed by atoms with Crippen LogP contribution in [-0.4, -0.2) is 6.79 Å². The molecular weight excluding hydrogens is 80.0 g/mol. The number of hydrogen-bond acceptors (Lipinski definition) is 2. The first kappa shape index (κ1) is 3.32. The molecule has 0 atom stereocenters. The Morgan fingerprint density at radius 1 is 1.67 bits per heavy atom. The molecule has 1 saturated heterocycles. The monoisotopic (exact) mass is 84.0 g/mol. The van der Waals surface area contributed by atoms with E-state index in [1.807, 2.05) is 0 Å². The summed E-state index contributed by atoms with van der Waals surface area (Å²) in [6, 6.07) is 0. The minimum Gasteiger partial charge on any atom is -0.421 e. The SMILES string of the molecule is C=C=C1OCO1. The van der Waals surface area contributed by atoms with Crippen molar-refractivity contribution in [3.63, 3.8) is 0 Å². The van der Waals surface area contributed by atoms with Crippen LogP contribution < -0.4 is 0 Å². The summed E-state index contributed by atoms with van der Waals surface area (Å²) in [7, 11) is 0. The lowest BCUT2D eigenvalue weighted by Gasteiger charge is -2.16. The van der Waals surface area contributed by atoms with Crippen LogP contribution in [0.15, 0.2) is 18.3 Å². The van der Waals surface area contributed by atoms with Crippen LogP contribution in [-0.2, 0) is 9.47 Å². The van der Waals surface area contributed by atoms with Crippen molar-refractivity contribution < 1.29 is 9.47 Å². The van der Waals surface area contributed by atoms with Crippen molar-refractivity contribution in [2.75, 3.05) is 6.79 Å². The highest BCUT2D eigenvalue weighted by Crippen LogP contribution is 2.06. The Morgan fingerprint density at radius 2 is 2.33 bits per heavy atom. The van der Waals surface area contributed by atoms with Crippen LogP contribution in [0.1, 0.15) is 0 Å². The molecule has 0 spiro atoms. The van der Waals surface area contributed by atoms with E-state index >= 15 is 0 Å². The minimum atomic E-state index is 0.359. The standard InChI is InChI=1S/C4H4O2/c1-2-4-5-3-6-4/h1,3H2. The Kier molecular flexibility index (Phi) is 0.592. The van der Waals surface area contributed by atoms with Crippen molar-refractivity contribution in [2.45, 2.75) is 0 Å². The van der Waals surface area contributed by atoms with Gasteiger partial charge in [-0.1, -0.05) is 0 Å². The van der Waals surface area contributed by atoms with E-state index in [2.05, 4.69) is 21.8 Å². The van der Waals surface area contributed by atoms with Crippen molar-refractivity contribution in [1.82, 2.24) is 0 Å². The smallest absolute Gasteiger partial charge is 0.332 e. The van der Waals surface area contributed by atoms with E-state index < -0.39 is 0 Å². The molecular formula is C4H4O2. The fraction of sp³-hybridized carbons (Fsp3) is 0.250. The van der Waals surface area contributed by atoms with E-state index in [0.29, 0.717) is 12.7 Å². The van der Waals surface area contributed by atoms with Gasteiger partial charge in [0, 0.05) is 0 Å². The molecule has 1 fully saturated rings. The van der Waals surface area contributed by atoms with Crippen LogP contribution in [0, 0.1) is 0 Å². The maximum Gasteiger partial charge on any atom is 0.332 e. The molecule has 2 nitrogen and oxygen atoms in total. The summed E-state index contributed by atoms with van der Waals surface area (Å²) in [6.07, 6.45) is 0. The van der Waals surface area contributed by atoms with Crippen molar-refractivity contribution in [3.05, 3.63) is 18.3 Å². The number of rotatable bonds is 0. The van der Waals surface area contributed by atoms with Gasteiger partial charge in [-0.2, -0.15) is 0 Å². The van der Waals surface area contributed by atoms with Gasteiger partial charge in [0.1, 0.15) is 0 Å². The maximum atomic E-state index is 4.60. The predicted octanol–water partition coefficient (Wildman–Crippen LogP) is 0.617. The summed E-state index contributed by atoms with van der Waals surface area (Å²) in [5, 5.41) is 0. The Morgan fingerprint density at radius 3 is 2.33 bits per heavy atom. The van der Waals surface area contributed by atoms with Gasteiger partial charge in [-0.3, -0.25) is 0 Å². The first-order chi connectivity index (χ1) is 2.93. The second-order valence-corrected chi connectivity index (χ2v) is 0.871. The van der Waals surface area contributed by atoms with Crippen LogP contribution in [0.3, 0.4) is 0 Å². The molecule has 32 valence electrons. The fourth-order valence-electron chi connectivity index (χ4n) is 0.220. The fourth-order valence-corrected chi connectivity index (χ4v) is 0.220.